The maximum absolute atomic E-state index is 12.5. The number of fused-ring (bicyclic) bond motifs is 2. The van der Waals surface area contributed by atoms with Gasteiger partial charge in [0.2, 0.25) is 5.91 Å². The zero-order valence-corrected chi connectivity index (χ0v) is 15.6. The van der Waals surface area contributed by atoms with Gasteiger partial charge in [-0.3, -0.25) is 9.59 Å². The van der Waals surface area contributed by atoms with Crippen molar-refractivity contribution in [3.05, 3.63) is 48.0 Å². The number of rotatable bonds is 5. The minimum atomic E-state index is -0.564. The third-order valence-electron chi connectivity index (χ3n) is 4.76. The molecule has 0 saturated carbocycles. The van der Waals surface area contributed by atoms with Gasteiger partial charge in [0.05, 0.1) is 5.69 Å². The predicted molar refractivity (Wildman–Crippen MR) is 103 cm³/mol. The molecule has 4 rings (SSSR count). The molecule has 2 aromatic rings. The van der Waals surface area contributed by atoms with E-state index in [4.69, 9.17) is 14.2 Å². The number of hydrogen-bond donors (Lipinski definition) is 1. The van der Waals surface area contributed by atoms with E-state index in [9.17, 15) is 9.59 Å². The summed E-state index contributed by atoms with van der Waals surface area (Å²) < 4.78 is 16.8. The highest BCUT2D eigenvalue weighted by Crippen LogP contribution is 2.34. The van der Waals surface area contributed by atoms with Crippen molar-refractivity contribution in [2.75, 3.05) is 24.7 Å². The molecule has 7 heteroatoms. The molecular weight excluding hydrogens is 360 g/mol. The molecule has 0 aromatic heterocycles. The first kappa shape index (κ1) is 18.2. The Morgan fingerprint density at radius 1 is 1.11 bits per heavy atom. The second-order valence-corrected chi connectivity index (χ2v) is 6.69. The third kappa shape index (κ3) is 3.60. The molecule has 2 heterocycles. The van der Waals surface area contributed by atoms with Crippen molar-refractivity contribution < 1.29 is 23.8 Å². The lowest BCUT2D eigenvalue weighted by Gasteiger charge is -2.32. The highest BCUT2D eigenvalue weighted by atomic mass is 16.6. The van der Waals surface area contributed by atoms with Gasteiger partial charge < -0.3 is 24.4 Å². The molecule has 1 N–H and O–H groups in total. The van der Waals surface area contributed by atoms with Crippen molar-refractivity contribution >= 4 is 17.5 Å². The van der Waals surface area contributed by atoms with Crippen molar-refractivity contribution in [3.8, 4) is 17.2 Å². The molecule has 146 valence electrons. The SMILES string of the molecule is C[C@@H]1Oc2ccccc2N(CCC(=O)NCc2cccc3c2OCCO3)C1=O. The number of anilines is 1. The van der Waals surface area contributed by atoms with Gasteiger partial charge in [0.1, 0.15) is 19.0 Å². The number of ether oxygens (including phenoxy) is 3. The van der Waals surface area contributed by atoms with Crippen LogP contribution in [0.4, 0.5) is 5.69 Å². The Morgan fingerprint density at radius 2 is 1.89 bits per heavy atom. The normalized spacial score (nSPS) is 17.5. The Bertz CT molecular complexity index is 898. The van der Waals surface area contributed by atoms with E-state index >= 15 is 0 Å². The summed E-state index contributed by atoms with van der Waals surface area (Å²) in [5.74, 6) is 1.75. The molecule has 0 unspecified atom stereocenters. The number of amides is 2. The second kappa shape index (κ2) is 7.80. The van der Waals surface area contributed by atoms with Gasteiger partial charge in [-0.2, -0.15) is 0 Å². The maximum Gasteiger partial charge on any atom is 0.267 e. The number of carbonyl (C=O) groups is 2. The quantitative estimate of drug-likeness (QED) is 0.859. The number of carbonyl (C=O) groups excluding carboxylic acids is 2. The van der Waals surface area contributed by atoms with E-state index < -0.39 is 6.10 Å². The summed E-state index contributed by atoms with van der Waals surface area (Å²) in [6.45, 7) is 3.37. The molecule has 2 aliphatic heterocycles. The Morgan fingerprint density at radius 3 is 2.79 bits per heavy atom. The lowest BCUT2D eigenvalue weighted by Crippen LogP contribution is -2.45. The summed E-state index contributed by atoms with van der Waals surface area (Å²) in [6, 6.07) is 13.0. The van der Waals surface area contributed by atoms with Crippen LogP contribution < -0.4 is 24.4 Å². The van der Waals surface area contributed by atoms with E-state index in [-0.39, 0.29) is 18.2 Å². The van der Waals surface area contributed by atoms with E-state index in [0.717, 1.165) is 5.56 Å². The fourth-order valence-electron chi connectivity index (χ4n) is 3.36. The fraction of sp³-hybridized carbons (Fsp3) is 0.333. The highest BCUT2D eigenvalue weighted by molar-refractivity contribution is 6.00. The molecule has 2 amide bonds. The second-order valence-electron chi connectivity index (χ2n) is 6.69. The lowest BCUT2D eigenvalue weighted by atomic mass is 10.1. The molecule has 0 bridgehead atoms. The van der Waals surface area contributed by atoms with E-state index in [1.54, 1.807) is 11.8 Å². The Hall–Kier alpha value is -3.22. The minimum Gasteiger partial charge on any atom is -0.486 e. The molecule has 2 aromatic carbocycles. The average molecular weight is 382 g/mol. The first-order valence-electron chi connectivity index (χ1n) is 9.35. The third-order valence-corrected chi connectivity index (χ3v) is 4.76. The molecule has 0 aliphatic carbocycles. The van der Waals surface area contributed by atoms with E-state index in [1.807, 2.05) is 42.5 Å². The van der Waals surface area contributed by atoms with Crippen LogP contribution in [0.3, 0.4) is 0 Å². The molecule has 1 atom stereocenters. The number of hydrogen-bond acceptors (Lipinski definition) is 5. The van der Waals surface area contributed by atoms with E-state index in [1.165, 1.54) is 0 Å². The molecule has 0 saturated heterocycles. The molecular formula is C21H22N2O5. The summed E-state index contributed by atoms with van der Waals surface area (Å²) in [6.07, 6.45) is -0.370. The largest absolute Gasteiger partial charge is 0.486 e. The predicted octanol–water partition coefficient (Wildman–Crippen LogP) is 2.28. The van der Waals surface area contributed by atoms with Gasteiger partial charge in [0.15, 0.2) is 17.6 Å². The van der Waals surface area contributed by atoms with Crippen molar-refractivity contribution in [1.29, 1.82) is 0 Å². The van der Waals surface area contributed by atoms with Crippen LogP contribution in [0.25, 0.3) is 0 Å². The average Bonchev–Trinajstić information content (AvgIpc) is 2.72. The molecule has 0 fully saturated rings. The first-order valence-corrected chi connectivity index (χ1v) is 9.35. The van der Waals surface area contributed by atoms with Crippen LogP contribution in [-0.2, 0) is 16.1 Å². The number of benzene rings is 2. The van der Waals surface area contributed by atoms with Crippen molar-refractivity contribution in [3.63, 3.8) is 0 Å². The maximum atomic E-state index is 12.5. The van der Waals surface area contributed by atoms with E-state index in [0.29, 0.717) is 49.2 Å². The summed E-state index contributed by atoms with van der Waals surface area (Å²) in [4.78, 5) is 26.5. The van der Waals surface area contributed by atoms with Gasteiger partial charge in [-0.15, -0.1) is 0 Å². The number of para-hydroxylation sites is 3. The van der Waals surface area contributed by atoms with Crippen LogP contribution in [0.15, 0.2) is 42.5 Å². The zero-order valence-electron chi connectivity index (χ0n) is 15.6. The highest BCUT2D eigenvalue weighted by Gasteiger charge is 2.31. The standard InChI is InChI=1S/C21H22N2O5/c1-14-21(25)23(16-6-2-3-7-17(16)28-14)10-9-19(24)22-13-15-5-4-8-18-20(15)27-12-11-26-18/h2-8,14H,9-13H2,1H3,(H,22,24)/t14-/m0/s1. The number of nitrogens with zero attached hydrogens (tertiary/aromatic N) is 1. The van der Waals surface area contributed by atoms with Crippen LogP contribution in [0.2, 0.25) is 0 Å². The van der Waals surface area contributed by atoms with Gasteiger partial charge in [-0.05, 0) is 25.1 Å². The first-order chi connectivity index (χ1) is 13.6. The minimum absolute atomic E-state index is 0.140. The molecule has 28 heavy (non-hydrogen) atoms. The smallest absolute Gasteiger partial charge is 0.267 e. The Balaban J connectivity index is 1.37. The summed E-state index contributed by atoms with van der Waals surface area (Å²) in [7, 11) is 0. The van der Waals surface area contributed by atoms with Gasteiger partial charge in [0.25, 0.3) is 5.91 Å². The zero-order chi connectivity index (χ0) is 19.5. The Kier molecular flexibility index (Phi) is 5.06. The van der Waals surface area contributed by atoms with Gasteiger partial charge in [0, 0.05) is 25.1 Å². The van der Waals surface area contributed by atoms with Crippen LogP contribution in [0.1, 0.15) is 18.9 Å². The van der Waals surface area contributed by atoms with Crippen molar-refractivity contribution in [2.24, 2.45) is 0 Å². The van der Waals surface area contributed by atoms with Gasteiger partial charge >= 0.3 is 0 Å². The summed E-state index contributed by atoms with van der Waals surface area (Å²) in [5.41, 5.74) is 1.56. The van der Waals surface area contributed by atoms with Crippen LogP contribution >= 0.6 is 0 Å². The monoisotopic (exact) mass is 382 g/mol. The van der Waals surface area contributed by atoms with Gasteiger partial charge in [-0.1, -0.05) is 24.3 Å². The summed E-state index contributed by atoms with van der Waals surface area (Å²) >= 11 is 0. The molecule has 7 nitrogen and oxygen atoms in total. The lowest BCUT2D eigenvalue weighted by molar-refractivity contribution is -0.125. The van der Waals surface area contributed by atoms with Gasteiger partial charge in [-0.25, -0.2) is 0 Å². The van der Waals surface area contributed by atoms with Crippen LogP contribution in [0.5, 0.6) is 17.2 Å². The molecule has 0 spiro atoms. The Labute approximate surface area is 163 Å². The molecule has 2 aliphatic rings. The number of nitrogens with one attached hydrogen (secondary N) is 1. The topological polar surface area (TPSA) is 77.1 Å². The van der Waals surface area contributed by atoms with Crippen LogP contribution in [-0.4, -0.2) is 37.7 Å². The molecule has 0 radical (unpaired) electrons. The van der Waals surface area contributed by atoms with Crippen molar-refractivity contribution in [1.82, 2.24) is 5.32 Å². The summed E-state index contributed by atoms with van der Waals surface area (Å²) in [5, 5.41) is 2.89. The van der Waals surface area contributed by atoms with Crippen molar-refractivity contribution in [2.45, 2.75) is 26.0 Å². The fourth-order valence-corrected chi connectivity index (χ4v) is 3.36. The van der Waals surface area contributed by atoms with Crippen LogP contribution in [0, 0.1) is 0 Å². The van der Waals surface area contributed by atoms with E-state index in [2.05, 4.69) is 5.32 Å².